The highest BCUT2D eigenvalue weighted by Gasteiger charge is 2.22. The largest absolute Gasteiger partial charge is 0.392 e. The standard InChI is InChI=1S/C14H21NO/c1-11(13-8-6-5-7-9-13)10-15-14(3,4)12(2)16/h5-9,12,15-16H,1,10H2,2-4H3. The van der Waals surface area contributed by atoms with Gasteiger partial charge in [0.15, 0.2) is 0 Å². The average Bonchev–Trinajstić information content (AvgIpc) is 2.27. The molecule has 16 heavy (non-hydrogen) atoms. The van der Waals surface area contributed by atoms with Crippen molar-refractivity contribution in [3.63, 3.8) is 0 Å². The first-order chi connectivity index (χ1) is 7.43. The van der Waals surface area contributed by atoms with Crippen molar-refractivity contribution in [1.82, 2.24) is 5.32 Å². The summed E-state index contributed by atoms with van der Waals surface area (Å²) in [5.41, 5.74) is 1.88. The molecular weight excluding hydrogens is 198 g/mol. The van der Waals surface area contributed by atoms with Gasteiger partial charge in [-0.3, -0.25) is 0 Å². The predicted octanol–water partition coefficient (Wildman–Crippen LogP) is 2.45. The summed E-state index contributed by atoms with van der Waals surface area (Å²) >= 11 is 0. The second kappa shape index (κ2) is 5.28. The smallest absolute Gasteiger partial charge is 0.0688 e. The Kier molecular flexibility index (Phi) is 4.27. The van der Waals surface area contributed by atoms with E-state index in [1.807, 2.05) is 44.2 Å². The van der Waals surface area contributed by atoms with Crippen molar-refractivity contribution in [2.45, 2.75) is 32.4 Å². The molecule has 0 spiro atoms. The molecule has 0 aliphatic heterocycles. The Morgan fingerprint density at radius 2 is 1.94 bits per heavy atom. The SMILES string of the molecule is C=C(CNC(C)(C)C(C)O)c1ccccc1. The summed E-state index contributed by atoms with van der Waals surface area (Å²) in [6, 6.07) is 10.1. The Labute approximate surface area is 98.0 Å². The third-order valence-corrected chi connectivity index (χ3v) is 2.98. The van der Waals surface area contributed by atoms with Gasteiger partial charge in [-0.1, -0.05) is 36.9 Å². The van der Waals surface area contributed by atoms with Gasteiger partial charge in [-0.15, -0.1) is 0 Å². The highest BCUT2D eigenvalue weighted by molar-refractivity contribution is 5.64. The molecule has 0 radical (unpaired) electrons. The van der Waals surface area contributed by atoms with Crippen LogP contribution in [0.15, 0.2) is 36.9 Å². The Balaban J connectivity index is 2.54. The van der Waals surface area contributed by atoms with E-state index < -0.39 is 6.10 Å². The minimum absolute atomic E-state index is 0.294. The lowest BCUT2D eigenvalue weighted by atomic mass is 9.97. The maximum Gasteiger partial charge on any atom is 0.0688 e. The van der Waals surface area contributed by atoms with Crippen molar-refractivity contribution in [1.29, 1.82) is 0 Å². The Hall–Kier alpha value is -1.12. The first-order valence-corrected chi connectivity index (χ1v) is 5.60. The zero-order chi connectivity index (χ0) is 12.2. The molecule has 0 bridgehead atoms. The average molecular weight is 219 g/mol. The van der Waals surface area contributed by atoms with E-state index in [2.05, 4.69) is 11.9 Å². The Bertz CT molecular complexity index is 341. The zero-order valence-electron chi connectivity index (χ0n) is 10.3. The van der Waals surface area contributed by atoms with Crippen LogP contribution in [-0.4, -0.2) is 23.3 Å². The number of rotatable bonds is 5. The zero-order valence-corrected chi connectivity index (χ0v) is 10.3. The maximum absolute atomic E-state index is 9.57. The van der Waals surface area contributed by atoms with Crippen LogP contribution in [0.3, 0.4) is 0 Å². The van der Waals surface area contributed by atoms with Crippen LogP contribution in [0.2, 0.25) is 0 Å². The molecule has 0 amide bonds. The van der Waals surface area contributed by atoms with E-state index in [0.717, 1.165) is 11.1 Å². The second-order valence-electron chi connectivity index (χ2n) is 4.72. The topological polar surface area (TPSA) is 32.3 Å². The lowest BCUT2D eigenvalue weighted by molar-refractivity contribution is 0.0998. The summed E-state index contributed by atoms with van der Waals surface area (Å²) in [5, 5.41) is 12.9. The lowest BCUT2D eigenvalue weighted by Crippen LogP contribution is -2.48. The molecule has 1 atom stereocenters. The molecule has 0 aliphatic rings. The molecule has 1 aromatic carbocycles. The summed E-state index contributed by atoms with van der Waals surface area (Å²) in [6.45, 7) is 10.5. The van der Waals surface area contributed by atoms with Crippen molar-refractivity contribution >= 4 is 5.57 Å². The van der Waals surface area contributed by atoms with Crippen LogP contribution in [0.4, 0.5) is 0 Å². The quantitative estimate of drug-likeness (QED) is 0.797. The van der Waals surface area contributed by atoms with E-state index in [1.54, 1.807) is 6.92 Å². The van der Waals surface area contributed by atoms with E-state index in [9.17, 15) is 5.11 Å². The van der Waals surface area contributed by atoms with Crippen LogP contribution in [0.1, 0.15) is 26.3 Å². The van der Waals surface area contributed by atoms with E-state index >= 15 is 0 Å². The van der Waals surface area contributed by atoms with Crippen molar-refractivity contribution < 1.29 is 5.11 Å². The number of hydrogen-bond acceptors (Lipinski definition) is 2. The second-order valence-corrected chi connectivity index (χ2v) is 4.72. The molecule has 1 rings (SSSR count). The number of benzene rings is 1. The van der Waals surface area contributed by atoms with Gasteiger partial charge in [0, 0.05) is 12.1 Å². The molecule has 0 aromatic heterocycles. The van der Waals surface area contributed by atoms with Gasteiger partial charge in [0.25, 0.3) is 0 Å². The number of nitrogens with one attached hydrogen (secondary N) is 1. The maximum atomic E-state index is 9.57. The van der Waals surface area contributed by atoms with Gasteiger partial charge < -0.3 is 10.4 Å². The Morgan fingerprint density at radius 3 is 2.44 bits per heavy atom. The predicted molar refractivity (Wildman–Crippen MR) is 69.2 cm³/mol. The molecule has 0 saturated carbocycles. The molecule has 2 nitrogen and oxygen atoms in total. The summed E-state index contributed by atoms with van der Waals surface area (Å²) in [6.07, 6.45) is -0.393. The third kappa shape index (κ3) is 3.47. The number of aliphatic hydroxyl groups excluding tert-OH is 1. The van der Waals surface area contributed by atoms with E-state index in [1.165, 1.54) is 0 Å². The van der Waals surface area contributed by atoms with E-state index in [-0.39, 0.29) is 5.54 Å². The molecular formula is C14H21NO. The first kappa shape index (κ1) is 12.9. The van der Waals surface area contributed by atoms with Gasteiger partial charge in [0.05, 0.1) is 6.10 Å². The summed E-state index contributed by atoms with van der Waals surface area (Å²) in [7, 11) is 0. The normalized spacial score (nSPS) is 13.5. The third-order valence-electron chi connectivity index (χ3n) is 2.98. The molecule has 2 heteroatoms. The molecule has 0 heterocycles. The molecule has 0 aliphatic carbocycles. The van der Waals surface area contributed by atoms with Gasteiger partial charge in [-0.05, 0) is 31.9 Å². The fourth-order valence-electron chi connectivity index (χ4n) is 1.26. The van der Waals surface area contributed by atoms with Crippen LogP contribution in [0.5, 0.6) is 0 Å². The van der Waals surface area contributed by atoms with Crippen molar-refractivity contribution in [3.05, 3.63) is 42.5 Å². The number of aliphatic hydroxyl groups is 1. The van der Waals surface area contributed by atoms with Crippen LogP contribution < -0.4 is 5.32 Å². The van der Waals surface area contributed by atoms with Crippen molar-refractivity contribution in [3.8, 4) is 0 Å². The molecule has 0 fully saturated rings. The minimum atomic E-state index is -0.393. The molecule has 2 N–H and O–H groups in total. The molecule has 88 valence electrons. The lowest BCUT2D eigenvalue weighted by Gasteiger charge is -2.30. The molecule has 1 unspecified atom stereocenters. The summed E-state index contributed by atoms with van der Waals surface area (Å²) in [4.78, 5) is 0. The fraction of sp³-hybridized carbons (Fsp3) is 0.429. The van der Waals surface area contributed by atoms with Crippen LogP contribution in [-0.2, 0) is 0 Å². The van der Waals surface area contributed by atoms with Crippen LogP contribution in [0, 0.1) is 0 Å². The van der Waals surface area contributed by atoms with Crippen molar-refractivity contribution in [2.75, 3.05) is 6.54 Å². The first-order valence-electron chi connectivity index (χ1n) is 5.60. The Morgan fingerprint density at radius 1 is 1.38 bits per heavy atom. The van der Waals surface area contributed by atoms with Gasteiger partial charge in [-0.25, -0.2) is 0 Å². The van der Waals surface area contributed by atoms with Crippen molar-refractivity contribution in [2.24, 2.45) is 0 Å². The minimum Gasteiger partial charge on any atom is -0.392 e. The molecule has 0 saturated heterocycles. The van der Waals surface area contributed by atoms with Gasteiger partial charge in [0.1, 0.15) is 0 Å². The monoisotopic (exact) mass is 219 g/mol. The molecule has 1 aromatic rings. The van der Waals surface area contributed by atoms with Gasteiger partial charge in [-0.2, -0.15) is 0 Å². The highest BCUT2D eigenvalue weighted by atomic mass is 16.3. The summed E-state index contributed by atoms with van der Waals surface area (Å²) < 4.78 is 0. The van der Waals surface area contributed by atoms with E-state index in [0.29, 0.717) is 6.54 Å². The number of hydrogen-bond donors (Lipinski definition) is 2. The van der Waals surface area contributed by atoms with Gasteiger partial charge in [0.2, 0.25) is 0 Å². The summed E-state index contributed by atoms with van der Waals surface area (Å²) in [5.74, 6) is 0. The van der Waals surface area contributed by atoms with Gasteiger partial charge >= 0.3 is 0 Å². The highest BCUT2D eigenvalue weighted by Crippen LogP contribution is 2.13. The van der Waals surface area contributed by atoms with E-state index in [4.69, 9.17) is 0 Å². The van der Waals surface area contributed by atoms with Crippen LogP contribution in [0.25, 0.3) is 5.57 Å². The fourth-order valence-corrected chi connectivity index (χ4v) is 1.26. The van der Waals surface area contributed by atoms with Crippen LogP contribution >= 0.6 is 0 Å².